The number of nitrogens with zero attached hydrogens (tertiary/aromatic N) is 2. The van der Waals surface area contributed by atoms with Crippen LogP contribution in [0.5, 0.6) is 0 Å². The normalized spacial score (nSPS) is 21.1. The Morgan fingerprint density at radius 1 is 1.45 bits per heavy atom. The van der Waals surface area contributed by atoms with E-state index in [4.69, 9.17) is 5.11 Å². The first-order chi connectivity index (χ1) is 10.6. The summed E-state index contributed by atoms with van der Waals surface area (Å²) in [4.78, 5) is 26.2. The van der Waals surface area contributed by atoms with Crippen LogP contribution in [0.2, 0.25) is 0 Å². The molecule has 2 N–H and O–H groups in total. The molecule has 0 saturated carbocycles. The van der Waals surface area contributed by atoms with Crippen LogP contribution in [0.3, 0.4) is 0 Å². The highest BCUT2D eigenvalue weighted by atomic mass is 19.1. The predicted molar refractivity (Wildman–Crippen MR) is 78.5 cm³/mol. The van der Waals surface area contributed by atoms with Gasteiger partial charge in [0.15, 0.2) is 0 Å². The lowest BCUT2D eigenvalue weighted by molar-refractivity contribution is -0.136. The van der Waals surface area contributed by atoms with Gasteiger partial charge in [0.05, 0.1) is 11.7 Å². The van der Waals surface area contributed by atoms with Crippen LogP contribution >= 0.6 is 0 Å². The van der Waals surface area contributed by atoms with Crippen molar-refractivity contribution in [2.45, 2.75) is 18.9 Å². The monoisotopic (exact) mass is 307 g/mol. The summed E-state index contributed by atoms with van der Waals surface area (Å²) in [5, 5.41) is 11.9. The summed E-state index contributed by atoms with van der Waals surface area (Å²) >= 11 is 0. The van der Waals surface area contributed by atoms with Crippen molar-refractivity contribution in [3.05, 3.63) is 29.6 Å². The molecule has 2 fully saturated rings. The maximum absolute atomic E-state index is 14.3. The minimum Gasteiger partial charge on any atom is -0.481 e. The fourth-order valence-corrected chi connectivity index (χ4v) is 3.00. The van der Waals surface area contributed by atoms with Gasteiger partial charge in [-0.2, -0.15) is 0 Å². The van der Waals surface area contributed by atoms with E-state index >= 15 is 0 Å². The molecule has 2 aliphatic rings. The second-order valence-corrected chi connectivity index (χ2v) is 5.62. The number of piperazine rings is 1. The van der Waals surface area contributed by atoms with Crippen molar-refractivity contribution in [1.82, 2.24) is 10.2 Å². The lowest BCUT2D eigenvalue weighted by atomic mass is 10.1. The SMILES string of the molecule is O=C(O)CCc1ccc(N2C[C@@H]3CNCCN3C2=O)c(F)c1. The Morgan fingerprint density at radius 2 is 2.27 bits per heavy atom. The quantitative estimate of drug-likeness (QED) is 0.872. The highest BCUT2D eigenvalue weighted by Crippen LogP contribution is 2.28. The first kappa shape index (κ1) is 14.8. The molecule has 22 heavy (non-hydrogen) atoms. The molecule has 118 valence electrons. The van der Waals surface area contributed by atoms with Gasteiger partial charge in [0.2, 0.25) is 0 Å². The van der Waals surface area contributed by atoms with Crippen LogP contribution in [0, 0.1) is 5.82 Å². The van der Waals surface area contributed by atoms with Gasteiger partial charge in [-0.3, -0.25) is 9.69 Å². The Bertz CT molecular complexity index is 608. The fraction of sp³-hybridized carbons (Fsp3) is 0.467. The summed E-state index contributed by atoms with van der Waals surface area (Å²) in [5.41, 5.74) is 0.883. The Labute approximate surface area is 127 Å². The van der Waals surface area contributed by atoms with Crippen molar-refractivity contribution in [3.8, 4) is 0 Å². The van der Waals surface area contributed by atoms with E-state index in [0.717, 1.165) is 13.1 Å². The van der Waals surface area contributed by atoms with Gasteiger partial charge in [-0.1, -0.05) is 6.07 Å². The Hall–Kier alpha value is -2.15. The van der Waals surface area contributed by atoms with Crippen LogP contribution in [0.4, 0.5) is 14.9 Å². The van der Waals surface area contributed by atoms with E-state index in [1.807, 2.05) is 0 Å². The van der Waals surface area contributed by atoms with Gasteiger partial charge in [-0.15, -0.1) is 0 Å². The van der Waals surface area contributed by atoms with Crippen molar-refractivity contribution in [1.29, 1.82) is 0 Å². The number of anilines is 1. The summed E-state index contributed by atoms with van der Waals surface area (Å²) in [6, 6.07) is 4.48. The minimum absolute atomic E-state index is 0.0387. The number of rotatable bonds is 4. The second kappa shape index (κ2) is 5.92. The third-order valence-electron chi connectivity index (χ3n) is 4.15. The lowest BCUT2D eigenvalue weighted by Crippen LogP contribution is -2.49. The number of nitrogens with one attached hydrogen (secondary N) is 1. The van der Waals surface area contributed by atoms with E-state index in [1.54, 1.807) is 17.0 Å². The molecule has 0 spiro atoms. The second-order valence-electron chi connectivity index (χ2n) is 5.62. The summed E-state index contributed by atoms with van der Waals surface area (Å²) in [6.45, 7) is 2.59. The van der Waals surface area contributed by atoms with E-state index in [-0.39, 0.29) is 30.6 Å². The smallest absolute Gasteiger partial charge is 0.325 e. The van der Waals surface area contributed by atoms with Crippen LogP contribution in [0.15, 0.2) is 18.2 Å². The molecular formula is C15H18FN3O3. The van der Waals surface area contributed by atoms with Gasteiger partial charge in [0, 0.05) is 32.6 Å². The number of aryl methyl sites for hydroxylation is 1. The van der Waals surface area contributed by atoms with E-state index < -0.39 is 11.8 Å². The molecule has 2 saturated heterocycles. The zero-order chi connectivity index (χ0) is 15.7. The Kier molecular flexibility index (Phi) is 3.98. The largest absolute Gasteiger partial charge is 0.481 e. The van der Waals surface area contributed by atoms with Crippen LogP contribution in [0.25, 0.3) is 0 Å². The Morgan fingerprint density at radius 3 is 2.95 bits per heavy atom. The van der Waals surface area contributed by atoms with Gasteiger partial charge in [-0.05, 0) is 24.1 Å². The van der Waals surface area contributed by atoms with Crippen molar-refractivity contribution < 1.29 is 19.1 Å². The zero-order valence-electron chi connectivity index (χ0n) is 12.1. The van der Waals surface area contributed by atoms with Crippen LogP contribution < -0.4 is 10.2 Å². The van der Waals surface area contributed by atoms with Gasteiger partial charge < -0.3 is 15.3 Å². The maximum atomic E-state index is 14.3. The molecule has 3 rings (SSSR count). The van der Waals surface area contributed by atoms with Crippen LogP contribution in [0.1, 0.15) is 12.0 Å². The van der Waals surface area contributed by atoms with E-state index in [1.165, 1.54) is 11.0 Å². The summed E-state index contributed by atoms with van der Waals surface area (Å²) in [6.07, 6.45) is 0.238. The number of carboxylic acid groups (broad SMARTS) is 1. The lowest BCUT2D eigenvalue weighted by Gasteiger charge is -2.28. The van der Waals surface area contributed by atoms with Gasteiger partial charge in [-0.25, -0.2) is 9.18 Å². The predicted octanol–water partition coefficient (Wildman–Crippen LogP) is 1.06. The minimum atomic E-state index is -0.913. The molecule has 2 aliphatic heterocycles. The standard InChI is InChI=1S/C15H18FN3O3/c16-12-7-10(2-4-14(20)21)1-3-13(12)19-9-11-8-17-5-6-18(11)15(19)22/h1,3,7,11,17H,2,4-6,8-9H2,(H,20,21)/t11-/m0/s1. The topological polar surface area (TPSA) is 72.9 Å². The number of carbonyl (C=O) groups excluding carboxylic acids is 1. The van der Waals surface area contributed by atoms with Crippen molar-refractivity contribution in [2.75, 3.05) is 31.1 Å². The summed E-state index contributed by atoms with van der Waals surface area (Å²) < 4.78 is 14.3. The van der Waals surface area contributed by atoms with E-state index in [2.05, 4.69) is 5.32 Å². The number of carbonyl (C=O) groups is 2. The third kappa shape index (κ3) is 2.76. The number of carboxylic acids is 1. The van der Waals surface area contributed by atoms with Gasteiger partial charge in [0.1, 0.15) is 5.82 Å². The van der Waals surface area contributed by atoms with E-state index in [9.17, 15) is 14.0 Å². The van der Waals surface area contributed by atoms with E-state index in [0.29, 0.717) is 18.7 Å². The van der Waals surface area contributed by atoms with Crippen molar-refractivity contribution >= 4 is 17.7 Å². The first-order valence-electron chi connectivity index (χ1n) is 7.35. The molecule has 7 heteroatoms. The molecule has 1 atom stereocenters. The van der Waals surface area contributed by atoms with Crippen LogP contribution in [-0.2, 0) is 11.2 Å². The third-order valence-corrected chi connectivity index (χ3v) is 4.15. The molecule has 0 unspecified atom stereocenters. The molecule has 0 bridgehead atoms. The highest BCUT2D eigenvalue weighted by molar-refractivity contribution is 5.95. The van der Waals surface area contributed by atoms with Crippen molar-refractivity contribution in [2.24, 2.45) is 0 Å². The molecule has 0 aromatic heterocycles. The average Bonchev–Trinajstić information content (AvgIpc) is 2.83. The molecule has 0 radical (unpaired) electrons. The molecule has 0 aliphatic carbocycles. The number of halogens is 1. The number of benzene rings is 1. The summed E-state index contributed by atoms with van der Waals surface area (Å²) in [7, 11) is 0. The fourth-order valence-electron chi connectivity index (χ4n) is 3.00. The van der Waals surface area contributed by atoms with Crippen LogP contribution in [-0.4, -0.2) is 54.2 Å². The molecule has 2 heterocycles. The van der Waals surface area contributed by atoms with Crippen molar-refractivity contribution in [3.63, 3.8) is 0 Å². The number of aliphatic carboxylic acids is 1. The summed E-state index contributed by atoms with van der Waals surface area (Å²) in [5.74, 6) is -1.40. The Balaban J connectivity index is 1.77. The molecule has 1 aromatic rings. The number of fused-ring (bicyclic) bond motifs is 1. The molecule has 6 nitrogen and oxygen atoms in total. The maximum Gasteiger partial charge on any atom is 0.325 e. The highest BCUT2D eigenvalue weighted by Gasteiger charge is 2.39. The van der Waals surface area contributed by atoms with Gasteiger partial charge >= 0.3 is 12.0 Å². The molecule has 1 aromatic carbocycles. The van der Waals surface area contributed by atoms with Gasteiger partial charge in [0.25, 0.3) is 0 Å². The number of hydrogen-bond acceptors (Lipinski definition) is 3. The number of urea groups is 1. The average molecular weight is 307 g/mol. The number of amides is 2. The molecular weight excluding hydrogens is 289 g/mol. The molecule has 2 amide bonds. The zero-order valence-corrected chi connectivity index (χ0v) is 12.1. The number of hydrogen-bond donors (Lipinski definition) is 2. The first-order valence-corrected chi connectivity index (χ1v) is 7.35.